The summed E-state index contributed by atoms with van der Waals surface area (Å²) in [6.07, 6.45) is 2.13. The lowest BCUT2D eigenvalue weighted by atomic mass is 10.1. The zero-order valence-electron chi connectivity index (χ0n) is 18.7. The van der Waals surface area contributed by atoms with Gasteiger partial charge in [0.25, 0.3) is 15.9 Å². The van der Waals surface area contributed by atoms with E-state index in [1.54, 1.807) is 48.2 Å². The van der Waals surface area contributed by atoms with Crippen molar-refractivity contribution in [3.8, 4) is 0 Å². The highest BCUT2D eigenvalue weighted by atomic mass is 32.2. The highest BCUT2D eigenvalue weighted by Crippen LogP contribution is 2.23. The Kier molecular flexibility index (Phi) is 7.29. The molecule has 0 bridgehead atoms. The van der Waals surface area contributed by atoms with Gasteiger partial charge >= 0.3 is 0 Å². The van der Waals surface area contributed by atoms with E-state index in [-0.39, 0.29) is 28.4 Å². The molecule has 1 N–H and O–H groups in total. The van der Waals surface area contributed by atoms with Crippen molar-refractivity contribution in [2.24, 2.45) is 0 Å². The van der Waals surface area contributed by atoms with Crippen LogP contribution in [0.2, 0.25) is 0 Å². The Balaban J connectivity index is 1.78. The molecule has 1 heterocycles. The number of aryl methyl sites for hydroxylation is 2. The molecule has 0 saturated carbocycles. The minimum Gasteiger partial charge on any atom is -0.335 e. The van der Waals surface area contributed by atoms with Crippen LogP contribution in [0, 0.1) is 13.8 Å². The van der Waals surface area contributed by atoms with Gasteiger partial charge in [0.15, 0.2) is 9.84 Å². The van der Waals surface area contributed by atoms with Crippen molar-refractivity contribution < 1.29 is 21.6 Å². The van der Waals surface area contributed by atoms with Gasteiger partial charge in [0.2, 0.25) is 0 Å². The smallest absolute Gasteiger partial charge is 0.262 e. The van der Waals surface area contributed by atoms with Crippen LogP contribution in [-0.2, 0) is 19.9 Å². The summed E-state index contributed by atoms with van der Waals surface area (Å²) in [4.78, 5) is 15.0. The molecule has 9 heteroatoms. The summed E-state index contributed by atoms with van der Waals surface area (Å²) in [5.74, 6) is -0.132. The Labute approximate surface area is 190 Å². The molecule has 32 heavy (non-hydrogen) atoms. The van der Waals surface area contributed by atoms with Crippen LogP contribution in [0.4, 0.5) is 5.69 Å². The molecule has 1 unspecified atom stereocenters. The molecule has 1 amide bonds. The summed E-state index contributed by atoms with van der Waals surface area (Å²) in [7, 11) is -6.88. The normalized spacial score (nSPS) is 17.8. The van der Waals surface area contributed by atoms with Gasteiger partial charge in [-0.1, -0.05) is 25.5 Å². The van der Waals surface area contributed by atoms with Gasteiger partial charge in [0.1, 0.15) is 0 Å². The lowest BCUT2D eigenvalue weighted by Crippen LogP contribution is -2.41. The van der Waals surface area contributed by atoms with Crippen molar-refractivity contribution >= 4 is 31.5 Å². The number of carbonyl (C=O) groups excluding carboxylic acids is 1. The van der Waals surface area contributed by atoms with E-state index in [0.717, 1.165) is 18.4 Å². The number of sulfonamides is 1. The van der Waals surface area contributed by atoms with Crippen molar-refractivity contribution in [3.63, 3.8) is 0 Å². The molecule has 7 nitrogen and oxygen atoms in total. The van der Waals surface area contributed by atoms with Crippen molar-refractivity contribution in [1.29, 1.82) is 0 Å². The van der Waals surface area contributed by atoms with Gasteiger partial charge in [-0.05, 0) is 68.1 Å². The van der Waals surface area contributed by atoms with Crippen LogP contribution in [0.15, 0.2) is 47.4 Å². The third kappa shape index (κ3) is 5.69. The molecule has 1 atom stereocenters. The Morgan fingerprint density at radius 1 is 1.12 bits per heavy atom. The van der Waals surface area contributed by atoms with Crippen LogP contribution < -0.4 is 4.72 Å². The Morgan fingerprint density at radius 3 is 2.41 bits per heavy atom. The van der Waals surface area contributed by atoms with Crippen LogP contribution >= 0.6 is 0 Å². The van der Waals surface area contributed by atoms with Gasteiger partial charge in [-0.3, -0.25) is 9.52 Å². The quantitative estimate of drug-likeness (QED) is 0.626. The standard InChI is InChI=1S/C23H30N2O5S2/c1-4-5-13-25(21-12-14-31(27,28)16-21)23(26)19-8-10-20(11-9-19)24-32(29,30)22-15-17(2)6-7-18(22)3/h6-11,15,21,24H,4-5,12-14,16H2,1-3H3. The van der Waals surface area contributed by atoms with E-state index in [1.165, 1.54) is 0 Å². The second kappa shape index (κ2) is 9.62. The highest BCUT2D eigenvalue weighted by molar-refractivity contribution is 7.92. The second-order valence-corrected chi connectivity index (χ2v) is 12.2. The predicted octanol–water partition coefficient (Wildman–Crippen LogP) is 3.53. The van der Waals surface area contributed by atoms with E-state index in [2.05, 4.69) is 4.72 Å². The minimum atomic E-state index is -3.77. The van der Waals surface area contributed by atoms with Crippen LogP contribution in [0.5, 0.6) is 0 Å². The number of unbranched alkanes of at least 4 members (excludes halogenated alkanes) is 1. The first-order valence-electron chi connectivity index (χ1n) is 10.7. The summed E-state index contributed by atoms with van der Waals surface area (Å²) in [5, 5.41) is 0. The number of nitrogens with zero attached hydrogens (tertiary/aromatic N) is 1. The van der Waals surface area contributed by atoms with Crippen molar-refractivity contribution in [2.45, 2.75) is 51.0 Å². The monoisotopic (exact) mass is 478 g/mol. The Morgan fingerprint density at radius 2 is 1.81 bits per heavy atom. The average Bonchev–Trinajstić information content (AvgIpc) is 3.09. The fourth-order valence-corrected chi connectivity index (χ4v) is 6.97. The second-order valence-electron chi connectivity index (χ2n) is 8.36. The molecule has 0 spiro atoms. The van der Waals surface area contributed by atoms with Crippen LogP contribution in [0.3, 0.4) is 0 Å². The SMILES string of the molecule is CCCCN(C(=O)c1ccc(NS(=O)(=O)c2cc(C)ccc2C)cc1)C1CCS(=O)(=O)C1. The maximum Gasteiger partial charge on any atom is 0.262 e. The number of sulfone groups is 1. The van der Waals surface area contributed by atoms with Gasteiger partial charge in [0, 0.05) is 23.8 Å². The fraction of sp³-hybridized carbons (Fsp3) is 0.435. The Hall–Kier alpha value is -2.39. The number of amides is 1. The average molecular weight is 479 g/mol. The Bertz CT molecular complexity index is 1190. The number of nitrogens with one attached hydrogen (secondary N) is 1. The number of hydrogen-bond acceptors (Lipinski definition) is 5. The molecule has 1 fully saturated rings. The van der Waals surface area contributed by atoms with E-state index < -0.39 is 19.9 Å². The van der Waals surface area contributed by atoms with E-state index in [9.17, 15) is 21.6 Å². The maximum atomic E-state index is 13.1. The maximum absolute atomic E-state index is 13.1. The number of benzene rings is 2. The van der Waals surface area contributed by atoms with Gasteiger partial charge in [0.05, 0.1) is 16.4 Å². The summed E-state index contributed by atoms with van der Waals surface area (Å²) in [5.41, 5.74) is 2.25. The summed E-state index contributed by atoms with van der Waals surface area (Å²) >= 11 is 0. The third-order valence-corrected chi connectivity index (χ3v) is 8.95. The molecular weight excluding hydrogens is 448 g/mol. The first kappa shape index (κ1) is 24.3. The predicted molar refractivity (Wildman–Crippen MR) is 126 cm³/mol. The van der Waals surface area contributed by atoms with Crippen LogP contribution in [0.25, 0.3) is 0 Å². The molecule has 0 aliphatic carbocycles. The number of hydrogen-bond donors (Lipinski definition) is 1. The molecule has 3 rings (SSSR count). The molecule has 1 aliphatic heterocycles. The summed E-state index contributed by atoms with van der Waals surface area (Å²) < 4.78 is 52.0. The highest BCUT2D eigenvalue weighted by Gasteiger charge is 2.34. The van der Waals surface area contributed by atoms with E-state index in [1.807, 2.05) is 19.9 Å². The summed E-state index contributed by atoms with van der Waals surface area (Å²) in [6.45, 7) is 6.09. The van der Waals surface area contributed by atoms with Crippen molar-refractivity contribution in [3.05, 3.63) is 59.2 Å². The van der Waals surface area contributed by atoms with Gasteiger partial charge < -0.3 is 4.90 Å². The molecule has 174 valence electrons. The lowest BCUT2D eigenvalue weighted by Gasteiger charge is -2.28. The van der Waals surface area contributed by atoms with E-state index in [4.69, 9.17) is 0 Å². The molecule has 0 aromatic heterocycles. The number of anilines is 1. The summed E-state index contributed by atoms with van der Waals surface area (Å²) in [6, 6.07) is 11.2. The lowest BCUT2D eigenvalue weighted by molar-refractivity contribution is 0.0694. The zero-order chi connectivity index (χ0) is 23.5. The van der Waals surface area contributed by atoms with E-state index in [0.29, 0.717) is 29.8 Å². The topological polar surface area (TPSA) is 101 Å². The molecule has 1 aliphatic rings. The van der Waals surface area contributed by atoms with Crippen LogP contribution in [0.1, 0.15) is 47.7 Å². The van der Waals surface area contributed by atoms with Crippen molar-refractivity contribution in [1.82, 2.24) is 4.90 Å². The van der Waals surface area contributed by atoms with Crippen molar-refractivity contribution in [2.75, 3.05) is 22.8 Å². The minimum absolute atomic E-state index is 0.00379. The first-order valence-corrected chi connectivity index (χ1v) is 14.0. The van der Waals surface area contributed by atoms with Crippen LogP contribution in [-0.4, -0.2) is 51.7 Å². The fourth-order valence-electron chi connectivity index (χ4n) is 3.85. The number of carbonyl (C=O) groups is 1. The van der Waals surface area contributed by atoms with E-state index >= 15 is 0 Å². The molecule has 2 aromatic rings. The van der Waals surface area contributed by atoms with Gasteiger partial charge in [-0.2, -0.15) is 0 Å². The zero-order valence-corrected chi connectivity index (χ0v) is 20.3. The molecule has 0 radical (unpaired) electrons. The molecule has 2 aromatic carbocycles. The van der Waals surface area contributed by atoms with Gasteiger partial charge in [-0.15, -0.1) is 0 Å². The molecule has 1 saturated heterocycles. The van der Waals surface area contributed by atoms with Gasteiger partial charge in [-0.25, -0.2) is 16.8 Å². The first-order chi connectivity index (χ1) is 15.0. The molecular formula is C23H30N2O5S2. The number of rotatable bonds is 8. The third-order valence-electron chi connectivity index (χ3n) is 5.68. The largest absolute Gasteiger partial charge is 0.335 e.